The molecule has 1 aliphatic heterocycles. The largest absolute Gasteiger partial charge is 0.376 e. The van der Waals surface area contributed by atoms with E-state index in [0.29, 0.717) is 23.3 Å². The van der Waals surface area contributed by atoms with Crippen LogP contribution in [0.1, 0.15) is 24.2 Å². The molecule has 0 spiro atoms. The van der Waals surface area contributed by atoms with Crippen LogP contribution in [0.4, 0.5) is 0 Å². The average Bonchev–Trinajstić information content (AvgIpc) is 3.44. The van der Waals surface area contributed by atoms with Gasteiger partial charge in [-0.05, 0) is 36.6 Å². The molecule has 0 aliphatic carbocycles. The molecule has 5 rings (SSSR count). The Bertz CT molecular complexity index is 1290. The molecule has 7 heteroatoms. The number of rotatable bonds is 6. The van der Waals surface area contributed by atoms with E-state index < -0.39 is 0 Å². The molecular formula is C24H24N4O3. The zero-order chi connectivity index (χ0) is 21.2. The summed E-state index contributed by atoms with van der Waals surface area (Å²) < 4.78 is 5.78. The van der Waals surface area contributed by atoms with E-state index in [4.69, 9.17) is 4.74 Å². The quantitative estimate of drug-likeness (QED) is 0.505. The van der Waals surface area contributed by atoms with E-state index in [1.807, 2.05) is 48.7 Å². The van der Waals surface area contributed by atoms with E-state index in [1.54, 1.807) is 11.0 Å². The number of aromatic amines is 2. The second-order valence-electron chi connectivity index (χ2n) is 7.98. The number of benzene rings is 2. The van der Waals surface area contributed by atoms with Crippen LogP contribution in [0.5, 0.6) is 0 Å². The van der Waals surface area contributed by atoms with Crippen LogP contribution in [0.2, 0.25) is 0 Å². The summed E-state index contributed by atoms with van der Waals surface area (Å²) in [6.45, 7) is 1.44. The Labute approximate surface area is 179 Å². The van der Waals surface area contributed by atoms with Crippen molar-refractivity contribution in [2.24, 2.45) is 0 Å². The fourth-order valence-electron chi connectivity index (χ4n) is 4.23. The van der Waals surface area contributed by atoms with Gasteiger partial charge >= 0.3 is 0 Å². The minimum atomic E-state index is -0.193. The number of H-pyrrole nitrogens is 2. The second kappa shape index (κ2) is 8.35. The Kier molecular flexibility index (Phi) is 5.26. The number of hydrogen-bond acceptors (Lipinski definition) is 4. The van der Waals surface area contributed by atoms with Gasteiger partial charge < -0.3 is 19.6 Å². The fraction of sp³-hybridized carbons (Fsp3) is 0.292. The van der Waals surface area contributed by atoms with E-state index in [2.05, 4.69) is 15.0 Å². The van der Waals surface area contributed by atoms with E-state index in [1.165, 1.54) is 0 Å². The molecule has 1 saturated heterocycles. The summed E-state index contributed by atoms with van der Waals surface area (Å²) in [4.78, 5) is 38.2. The number of ether oxygens (including phenoxy) is 1. The topological polar surface area (TPSA) is 91.1 Å². The van der Waals surface area contributed by atoms with Crippen molar-refractivity contribution in [2.45, 2.75) is 31.9 Å². The molecule has 3 heterocycles. The van der Waals surface area contributed by atoms with Gasteiger partial charge in [0.2, 0.25) is 5.91 Å². The highest BCUT2D eigenvalue weighted by Crippen LogP contribution is 2.20. The van der Waals surface area contributed by atoms with Gasteiger partial charge in [0.1, 0.15) is 5.82 Å². The van der Waals surface area contributed by atoms with Gasteiger partial charge in [0.05, 0.1) is 30.0 Å². The molecule has 0 radical (unpaired) electrons. The summed E-state index contributed by atoms with van der Waals surface area (Å²) in [7, 11) is 0. The molecule has 1 fully saturated rings. The third kappa shape index (κ3) is 4.09. The Morgan fingerprint density at radius 3 is 2.77 bits per heavy atom. The van der Waals surface area contributed by atoms with Gasteiger partial charge in [0, 0.05) is 30.3 Å². The van der Waals surface area contributed by atoms with E-state index in [9.17, 15) is 9.59 Å². The predicted octanol–water partition coefficient (Wildman–Crippen LogP) is 3.15. The van der Waals surface area contributed by atoms with Gasteiger partial charge in [-0.15, -0.1) is 0 Å². The van der Waals surface area contributed by atoms with Crippen molar-refractivity contribution in [2.75, 3.05) is 13.2 Å². The summed E-state index contributed by atoms with van der Waals surface area (Å²) in [5, 5.41) is 1.59. The maximum Gasteiger partial charge on any atom is 0.258 e. The smallest absolute Gasteiger partial charge is 0.258 e. The van der Waals surface area contributed by atoms with Crippen molar-refractivity contribution in [1.82, 2.24) is 19.9 Å². The van der Waals surface area contributed by atoms with E-state index in [0.717, 1.165) is 35.9 Å². The van der Waals surface area contributed by atoms with Crippen molar-refractivity contribution < 1.29 is 9.53 Å². The van der Waals surface area contributed by atoms with Crippen molar-refractivity contribution in [3.63, 3.8) is 0 Å². The normalized spacial score (nSPS) is 16.2. The van der Waals surface area contributed by atoms with Crippen LogP contribution in [0.3, 0.4) is 0 Å². The molecule has 0 saturated carbocycles. The first-order chi connectivity index (χ1) is 15.2. The first-order valence-corrected chi connectivity index (χ1v) is 10.6. The van der Waals surface area contributed by atoms with Gasteiger partial charge in [-0.25, -0.2) is 4.98 Å². The lowest BCUT2D eigenvalue weighted by Gasteiger charge is -2.25. The average molecular weight is 416 g/mol. The maximum atomic E-state index is 13.3. The van der Waals surface area contributed by atoms with Crippen molar-refractivity contribution >= 4 is 27.7 Å². The fourth-order valence-corrected chi connectivity index (χ4v) is 4.23. The van der Waals surface area contributed by atoms with Crippen molar-refractivity contribution in [1.29, 1.82) is 0 Å². The van der Waals surface area contributed by atoms with Crippen LogP contribution < -0.4 is 5.56 Å². The Morgan fingerprint density at radius 2 is 1.94 bits per heavy atom. The van der Waals surface area contributed by atoms with Crippen LogP contribution in [0.25, 0.3) is 21.8 Å². The monoisotopic (exact) mass is 416 g/mol. The van der Waals surface area contributed by atoms with E-state index >= 15 is 0 Å². The highest BCUT2D eigenvalue weighted by atomic mass is 16.5. The first kappa shape index (κ1) is 19.5. The Morgan fingerprint density at radius 1 is 1.13 bits per heavy atom. The molecule has 31 heavy (non-hydrogen) atoms. The second-order valence-corrected chi connectivity index (χ2v) is 7.98. The number of carbonyl (C=O) groups excluding carboxylic acids is 1. The lowest BCUT2D eigenvalue weighted by molar-refractivity contribution is -0.132. The SMILES string of the molecule is O=C(Cc1c[nH]c2ccccc12)N(Cc1nc2ccccc2c(=O)[nH]1)C[C@H]1CCCO1. The molecule has 0 bridgehead atoms. The van der Waals surface area contributed by atoms with Crippen molar-refractivity contribution in [3.05, 3.63) is 76.5 Å². The molecule has 1 atom stereocenters. The molecule has 2 aromatic heterocycles. The lowest BCUT2D eigenvalue weighted by Crippen LogP contribution is -2.38. The van der Waals surface area contributed by atoms with Gasteiger partial charge in [0.25, 0.3) is 5.56 Å². The van der Waals surface area contributed by atoms with Gasteiger partial charge in [-0.1, -0.05) is 30.3 Å². The minimum Gasteiger partial charge on any atom is -0.376 e. The molecule has 2 N–H and O–H groups in total. The van der Waals surface area contributed by atoms with Gasteiger partial charge in [-0.2, -0.15) is 0 Å². The maximum absolute atomic E-state index is 13.3. The van der Waals surface area contributed by atoms with Crippen LogP contribution >= 0.6 is 0 Å². The zero-order valence-electron chi connectivity index (χ0n) is 17.1. The number of aromatic nitrogens is 3. The van der Waals surface area contributed by atoms with Crippen LogP contribution in [0.15, 0.2) is 59.5 Å². The zero-order valence-corrected chi connectivity index (χ0v) is 17.1. The Balaban J connectivity index is 1.42. The van der Waals surface area contributed by atoms with Crippen LogP contribution in [-0.4, -0.2) is 45.0 Å². The van der Waals surface area contributed by atoms with Crippen LogP contribution in [-0.2, 0) is 22.5 Å². The lowest BCUT2D eigenvalue weighted by atomic mass is 10.1. The van der Waals surface area contributed by atoms with E-state index in [-0.39, 0.29) is 30.5 Å². The molecule has 0 unspecified atom stereocenters. The third-order valence-electron chi connectivity index (χ3n) is 5.82. The summed E-state index contributed by atoms with van der Waals surface area (Å²) in [5.41, 5.74) is 2.40. The highest BCUT2D eigenvalue weighted by molar-refractivity contribution is 5.89. The summed E-state index contributed by atoms with van der Waals surface area (Å²) in [6, 6.07) is 15.2. The Hall–Kier alpha value is -3.45. The predicted molar refractivity (Wildman–Crippen MR) is 119 cm³/mol. The molecule has 7 nitrogen and oxygen atoms in total. The number of hydrogen-bond donors (Lipinski definition) is 2. The molecule has 1 amide bonds. The molecule has 4 aromatic rings. The van der Waals surface area contributed by atoms with Crippen LogP contribution in [0, 0.1) is 0 Å². The molecule has 158 valence electrons. The first-order valence-electron chi connectivity index (χ1n) is 10.6. The standard InChI is InChI=1S/C24H24N4O3/c29-23(12-16-13-25-20-9-3-1-7-18(16)20)28(14-17-6-5-11-31-17)15-22-26-21-10-4-2-8-19(21)24(30)27-22/h1-4,7-10,13,17,25H,5-6,11-12,14-15H2,(H,26,27,30)/t17-/m1/s1. The van der Waals surface area contributed by atoms with Crippen molar-refractivity contribution in [3.8, 4) is 0 Å². The molecule has 1 aliphatic rings. The third-order valence-corrected chi connectivity index (χ3v) is 5.82. The number of nitrogens with one attached hydrogen (secondary N) is 2. The number of nitrogens with zero attached hydrogens (tertiary/aromatic N) is 2. The summed E-state index contributed by atoms with van der Waals surface area (Å²) in [6.07, 6.45) is 4.11. The minimum absolute atomic E-state index is 0.0131. The van der Waals surface area contributed by atoms with Gasteiger partial charge in [-0.3, -0.25) is 9.59 Å². The highest BCUT2D eigenvalue weighted by Gasteiger charge is 2.24. The number of fused-ring (bicyclic) bond motifs is 2. The van der Waals surface area contributed by atoms with Gasteiger partial charge in [0.15, 0.2) is 0 Å². The molecular weight excluding hydrogens is 392 g/mol. The number of para-hydroxylation sites is 2. The number of carbonyl (C=O) groups is 1. The number of amides is 1. The summed E-state index contributed by atoms with van der Waals surface area (Å²) in [5.74, 6) is 0.463. The summed E-state index contributed by atoms with van der Waals surface area (Å²) >= 11 is 0. The molecule has 2 aromatic carbocycles.